The summed E-state index contributed by atoms with van der Waals surface area (Å²) in [4.78, 5) is 2.07. The van der Waals surface area contributed by atoms with E-state index in [4.69, 9.17) is 0 Å². The lowest BCUT2D eigenvalue weighted by molar-refractivity contribution is 0.430. The second-order valence-corrected chi connectivity index (χ2v) is 2.56. The fourth-order valence-electron chi connectivity index (χ4n) is 1.21. The molecule has 1 N–H and O–H groups in total. The summed E-state index contributed by atoms with van der Waals surface area (Å²) < 4.78 is 0. The molecule has 0 radical (unpaired) electrons. The first-order valence-corrected chi connectivity index (χ1v) is 3.58. The van der Waals surface area contributed by atoms with Crippen molar-refractivity contribution in [1.29, 1.82) is 0 Å². The summed E-state index contributed by atoms with van der Waals surface area (Å²) in [6.45, 7) is 0.906. The Balaban J connectivity index is 2.39. The van der Waals surface area contributed by atoms with Crippen LogP contribution in [0.4, 0.5) is 0 Å². The molecule has 0 atom stereocenters. The minimum Gasteiger partial charge on any atom is -0.508 e. The minimum atomic E-state index is 0.310. The first-order valence-electron chi connectivity index (χ1n) is 3.58. The zero-order valence-electron chi connectivity index (χ0n) is 6.07. The molecule has 2 heteroatoms. The van der Waals surface area contributed by atoms with Crippen molar-refractivity contribution in [2.45, 2.75) is 0 Å². The Morgan fingerprint density at radius 2 is 2.36 bits per heavy atom. The molecule has 0 saturated heterocycles. The van der Waals surface area contributed by atoms with Crippen molar-refractivity contribution in [3.05, 3.63) is 48.0 Å². The molecule has 2 aliphatic heterocycles. The van der Waals surface area contributed by atoms with Crippen LogP contribution in [0.1, 0.15) is 0 Å². The fraction of sp³-hybridized carbons (Fsp3) is 0.111. The van der Waals surface area contributed by atoms with Crippen LogP contribution in [0.3, 0.4) is 0 Å². The minimum absolute atomic E-state index is 0.310. The number of hydrogen-bond donors (Lipinski definition) is 1. The van der Waals surface area contributed by atoms with Gasteiger partial charge in [0.25, 0.3) is 0 Å². The predicted molar refractivity (Wildman–Crippen MR) is 43.8 cm³/mol. The van der Waals surface area contributed by atoms with E-state index in [1.165, 1.54) is 0 Å². The van der Waals surface area contributed by atoms with Crippen LogP contribution in [0.2, 0.25) is 0 Å². The molecule has 0 aromatic rings. The van der Waals surface area contributed by atoms with Gasteiger partial charge in [-0.25, -0.2) is 0 Å². The first kappa shape index (κ1) is 6.28. The summed E-state index contributed by atoms with van der Waals surface area (Å²) in [6, 6.07) is 0. The molecule has 0 aromatic heterocycles. The maximum atomic E-state index is 9.21. The van der Waals surface area contributed by atoms with Crippen molar-refractivity contribution in [1.82, 2.24) is 4.90 Å². The van der Waals surface area contributed by atoms with E-state index in [1.54, 1.807) is 12.2 Å². The molecule has 0 bridgehead atoms. The lowest BCUT2D eigenvalue weighted by atomic mass is 10.3. The lowest BCUT2D eigenvalue weighted by Crippen LogP contribution is -2.09. The Morgan fingerprint density at radius 1 is 1.45 bits per heavy atom. The Kier molecular flexibility index (Phi) is 1.32. The third-order valence-electron chi connectivity index (χ3n) is 1.75. The van der Waals surface area contributed by atoms with Gasteiger partial charge in [-0.05, 0) is 18.2 Å². The Labute approximate surface area is 65.4 Å². The SMILES string of the molecule is OC1=CC=CN2CC=CC2=C1. The molecule has 0 aromatic carbocycles. The molecule has 2 rings (SSSR count). The number of aliphatic hydroxyl groups is 1. The molecule has 2 heterocycles. The standard InChI is InChI=1S/C9H9NO/c11-9-4-2-6-10-5-1-3-8(10)7-9/h1-4,6-7,11H,5H2. The normalized spacial score (nSPS) is 20.9. The highest BCUT2D eigenvalue weighted by molar-refractivity contribution is 5.35. The highest BCUT2D eigenvalue weighted by Crippen LogP contribution is 2.17. The van der Waals surface area contributed by atoms with Crippen LogP contribution in [0.15, 0.2) is 48.0 Å². The highest BCUT2D eigenvalue weighted by Gasteiger charge is 2.09. The van der Waals surface area contributed by atoms with Gasteiger partial charge in [-0.15, -0.1) is 0 Å². The summed E-state index contributed by atoms with van der Waals surface area (Å²) in [5.41, 5.74) is 1.05. The van der Waals surface area contributed by atoms with Crippen LogP contribution in [-0.2, 0) is 0 Å². The summed E-state index contributed by atoms with van der Waals surface area (Å²) in [5.74, 6) is 0.310. The van der Waals surface area contributed by atoms with E-state index in [0.717, 1.165) is 12.2 Å². The van der Waals surface area contributed by atoms with E-state index in [1.807, 2.05) is 18.4 Å². The van der Waals surface area contributed by atoms with Crippen LogP contribution >= 0.6 is 0 Å². The van der Waals surface area contributed by atoms with Crippen molar-refractivity contribution in [2.75, 3.05) is 6.54 Å². The highest BCUT2D eigenvalue weighted by atomic mass is 16.3. The summed E-state index contributed by atoms with van der Waals surface area (Å²) in [6.07, 6.45) is 11.3. The monoisotopic (exact) mass is 147 g/mol. The average Bonchev–Trinajstić information content (AvgIpc) is 2.31. The van der Waals surface area contributed by atoms with Gasteiger partial charge >= 0.3 is 0 Å². The van der Waals surface area contributed by atoms with E-state index in [9.17, 15) is 5.11 Å². The fourth-order valence-corrected chi connectivity index (χ4v) is 1.21. The maximum Gasteiger partial charge on any atom is 0.117 e. The molecular weight excluding hydrogens is 138 g/mol. The zero-order chi connectivity index (χ0) is 7.68. The van der Waals surface area contributed by atoms with Gasteiger partial charge in [-0.2, -0.15) is 0 Å². The van der Waals surface area contributed by atoms with Crippen LogP contribution < -0.4 is 0 Å². The molecule has 11 heavy (non-hydrogen) atoms. The van der Waals surface area contributed by atoms with Gasteiger partial charge in [-0.3, -0.25) is 0 Å². The topological polar surface area (TPSA) is 23.5 Å². The van der Waals surface area contributed by atoms with Crippen LogP contribution in [0, 0.1) is 0 Å². The van der Waals surface area contributed by atoms with Crippen molar-refractivity contribution in [3.63, 3.8) is 0 Å². The van der Waals surface area contributed by atoms with Gasteiger partial charge < -0.3 is 10.0 Å². The second-order valence-electron chi connectivity index (χ2n) is 2.56. The second kappa shape index (κ2) is 2.31. The Bertz CT molecular complexity index is 284. The van der Waals surface area contributed by atoms with Gasteiger partial charge in [0.15, 0.2) is 0 Å². The molecule has 0 spiro atoms. The number of hydrogen-bond acceptors (Lipinski definition) is 2. The van der Waals surface area contributed by atoms with Gasteiger partial charge in [0.2, 0.25) is 0 Å². The van der Waals surface area contributed by atoms with Crippen molar-refractivity contribution in [3.8, 4) is 0 Å². The predicted octanol–water partition coefficient (Wildman–Crippen LogP) is 1.71. The summed E-state index contributed by atoms with van der Waals surface area (Å²) in [7, 11) is 0. The molecule has 0 amide bonds. The largest absolute Gasteiger partial charge is 0.508 e. The Morgan fingerprint density at radius 3 is 3.27 bits per heavy atom. The molecule has 0 unspecified atom stereocenters. The van der Waals surface area contributed by atoms with Crippen LogP contribution in [0.25, 0.3) is 0 Å². The summed E-state index contributed by atoms with van der Waals surface area (Å²) in [5, 5.41) is 9.21. The molecule has 2 aliphatic rings. The van der Waals surface area contributed by atoms with Gasteiger partial charge in [0.05, 0.1) is 0 Å². The molecule has 0 aliphatic carbocycles. The first-order chi connectivity index (χ1) is 5.36. The average molecular weight is 147 g/mol. The van der Waals surface area contributed by atoms with Gasteiger partial charge in [-0.1, -0.05) is 6.08 Å². The van der Waals surface area contributed by atoms with E-state index < -0.39 is 0 Å². The number of fused-ring (bicyclic) bond motifs is 1. The number of aliphatic hydroxyl groups excluding tert-OH is 1. The van der Waals surface area contributed by atoms with Crippen molar-refractivity contribution in [2.24, 2.45) is 0 Å². The Hall–Kier alpha value is -1.44. The molecular formula is C9H9NO. The maximum absolute atomic E-state index is 9.21. The third-order valence-corrected chi connectivity index (χ3v) is 1.75. The third kappa shape index (κ3) is 1.07. The number of allylic oxidation sites excluding steroid dienone is 4. The summed E-state index contributed by atoms with van der Waals surface area (Å²) >= 11 is 0. The number of nitrogens with zero attached hydrogens (tertiary/aromatic N) is 1. The van der Waals surface area contributed by atoms with Crippen molar-refractivity contribution >= 4 is 0 Å². The lowest BCUT2D eigenvalue weighted by Gasteiger charge is -2.12. The smallest absolute Gasteiger partial charge is 0.117 e. The quantitative estimate of drug-likeness (QED) is 0.563. The molecule has 56 valence electrons. The molecule has 2 nitrogen and oxygen atoms in total. The molecule has 0 fully saturated rings. The zero-order valence-corrected chi connectivity index (χ0v) is 6.07. The van der Waals surface area contributed by atoms with E-state index in [2.05, 4.69) is 11.0 Å². The van der Waals surface area contributed by atoms with E-state index in [-0.39, 0.29) is 0 Å². The van der Waals surface area contributed by atoms with Crippen molar-refractivity contribution < 1.29 is 5.11 Å². The molecule has 0 saturated carbocycles. The van der Waals surface area contributed by atoms with E-state index >= 15 is 0 Å². The van der Waals surface area contributed by atoms with Crippen LogP contribution in [0.5, 0.6) is 0 Å². The van der Waals surface area contributed by atoms with E-state index in [0.29, 0.717) is 5.76 Å². The number of rotatable bonds is 0. The van der Waals surface area contributed by atoms with Gasteiger partial charge in [0, 0.05) is 24.5 Å². The van der Waals surface area contributed by atoms with Crippen LogP contribution in [-0.4, -0.2) is 16.6 Å². The van der Waals surface area contributed by atoms with Gasteiger partial charge in [0.1, 0.15) is 5.76 Å².